The number of hydrogen-bond acceptors (Lipinski definition) is 3. The summed E-state index contributed by atoms with van der Waals surface area (Å²) in [6.45, 7) is 3.33. The molecule has 1 aromatic carbocycles. The van der Waals surface area contributed by atoms with Crippen LogP contribution in [-0.2, 0) is 0 Å². The van der Waals surface area contributed by atoms with Crippen LogP contribution in [-0.4, -0.2) is 11.1 Å². The Balaban J connectivity index is 3.20. The molecule has 5 N–H and O–H groups in total. The normalized spacial score (nSPS) is 15.2. The summed E-state index contributed by atoms with van der Waals surface area (Å²) in [7, 11) is 0. The highest BCUT2D eigenvalue weighted by Gasteiger charge is 2.17. The van der Waals surface area contributed by atoms with Gasteiger partial charge in [0.15, 0.2) is 0 Å². The number of phenolic OH excluding ortho intramolecular Hbond substituents is 1. The van der Waals surface area contributed by atoms with Crippen LogP contribution in [0, 0.1) is 12.7 Å². The number of aryl methyl sites for hydroxylation is 1. The second kappa shape index (κ2) is 3.94. The molecule has 0 aliphatic rings. The van der Waals surface area contributed by atoms with Crippen LogP contribution in [0.15, 0.2) is 12.1 Å². The SMILES string of the molecule is Cc1cc(F)cc(C(N)C(C)N)c1O. The number of phenols is 1. The summed E-state index contributed by atoms with van der Waals surface area (Å²) in [5.74, 6) is -0.386. The Labute approximate surface area is 82.5 Å². The van der Waals surface area contributed by atoms with Crippen LogP contribution in [0.1, 0.15) is 24.1 Å². The highest BCUT2D eigenvalue weighted by Crippen LogP contribution is 2.28. The monoisotopic (exact) mass is 198 g/mol. The van der Waals surface area contributed by atoms with Gasteiger partial charge in [-0.05, 0) is 31.5 Å². The van der Waals surface area contributed by atoms with Gasteiger partial charge in [-0.25, -0.2) is 4.39 Å². The number of rotatable bonds is 2. The average Bonchev–Trinajstić information content (AvgIpc) is 2.09. The minimum atomic E-state index is -0.551. The number of halogens is 1. The maximum atomic E-state index is 13.0. The van der Waals surface area contributed by atoms with E-state index in [2.05, 4.69) is 0 Å². The van der Waals surface area contributed by atoms with Crippen LogP contribution in [0.2, 0.25) is 0 Å². The topological polar surface area (TPSA) is 72.3 Å². The van der Waals surface area contributed by atoms with E-state index in [1.807, 2.05) is 0 Å². The van der Waals surface area contributed by atoms with E-state index in [4.69, 9.17) is 11.5 Å². The van der Waals surface area contributed by atoms with Crippen molar-refractivity contribution in [1.29, 1.82) is 0 Å². The van der Waals surface area contributed by atoms with Gasteiger partial charge in [-0.15, -0.1) is 0 Å². The lowest BCUT2D eigenvalue weighted by Gasteiger charge is -2.18. The van der Waals surface area contributed by atoms with Crippen molar-refractivity contribution in [3.63, 3.8) is 0 Å². The van der Waals surface area contributed by atoms with Crippen molar-refractivity contribution < 1.29 is 9.50 Å². The van der Waals surface area contributed by atoms with Gasteiger partial charge in [0.05, 0.1) is 0 Å². The molecule has 0 radical (unpaired) electrons. The molecule has 2 atom stereocenters. The second-order valence-corrected chi connectivity index (χ2v) is 3.55. The van der Waals surface area contributed by atoms with Gasteiger partial charge in [0.2, 0.25) is 0 Å². The predicted octanol–water partition coefficient (Wildman–Crippen LogP) is 1.19. The molecule has 0 heterocycles. The zero-order valence-electron chi connectivity index (χ0n) is 8.29. The first-order valence-electron chi connectivity index (χ1n) is 4.43. The Kier molecular flexibility index (Phi) is 3.08. The Hall–Kier alpha value is -1.13. The molecule has 14 heavy (non-hydrogen) atoms. The van der Waals surface area contributed by atoms with Crippen LogP contribution in [0.4, 0.5) is 4.39 Å². The van der Waals surface area contributed by atoms with Crippen molar-refractivity contribution in [2.24, 2.45) is 11.5 Å². The van der Waals surface area contributed by atoms with E-state index >= 15 is 0 Å². The van der Waals surface area contributed by atoms with E-state index in [-0.39, 0.29) is 11.8 Å². The standard InChI is InChI=1S/C10H15FN2O/c1-5-3-7(11)4-8(10(5)14)9(13)6(2)12/h3-4,6,9,14H,12-13H2,1-2H3. The van der Waals surface area contributed by atoms with Crippen LogP contribution in [0.5, 0.6) is 5.75 Å². The quantitative estimate of drug-likeness (QED) is 0.668. The minimum Gasteiger partial charge on any atom is -0.507 e. The second-order valence-electron chi connectivity index (χ2n) is 3.55. The first-order valence-corrected chi connectivity index (χ1v) is 4.43. The first-order chi connectivity index (χ1) is 6.43. The van der Waals surface area contributed by atoms with Gasteiger partial charge in [0, 0.05) is 17.6 Å². The van der Waals surface area contributed by atoms with Crippen molar-refractivity contribution >= 4 is 0 Å². The summed E-state index contributed by atoms with van der Waals surface area (Å²) < 4.78 is 13.0. The molecule has 78 valence electrons. The summed E-state index contributed by atoms with van der Waals surface area (Å²) in [5.41, 5.74) is 12.1. The molecule has 0 amide bonds. The molecule has 0 aromatic heterocycles. The smallest absolute Gasteiger partial charge is 0.124 e. The van der Waals surface area contributed by atoms with Crippen LogP contribution in [0.3, 0.4) is 0 Å². The maximum absolute atomic E-state index is 13.0. The summed E-state index contributed by atoms with van der Waals surface area (Å²) in [6, 6.07) is 1.59. The van der Waals surface area contributed by atoms with E-state index in [1.54, 1.807) is 13.8 Å². The third-order valence-corrected chi connectivity index (χ3v) is 2.22. The summed E-state index contributed by atoms with van der Waals surface area (Å²) in [6.07, 6.45) is 0. The number of aromatic hydroxyl groups is 1. The van der Waals surface area contributed by atoms with E-state index in [0.717, 1.165) is 0 Å². The van der Waals surface area contributed by atoms with Gasteiger partial charge in [-0.1, -0.05) is 0 Å². The fraction of sp³-hybridized carbons (Fsp3) is 0.400. The average molecular weight is 198 g/mol. The Morgan fingerprint density at radius 1 is 1.36 bits per heavy atom. The minimum absolute atomic E-state index is 0.0243. The van der Waals surface area contributed by atoms with E-state index in [9.17, 15) is 9.50 Å². The van der Waals surface area contributed by atoms with Gasteiger partial charge in [0.25, 0.3) is 0 Å². The van der Waals surface area contributed by atoms with Crippen molar-refractivity contribution in [3.05, 3.63) is 29.1 Å². The summed E-state index contributed by atoms with van der Waals surface area (Å²) >= 11 is 0. The zero-order valence-corrected chi connectivity index (χ0v) is 8.29. The molecule has 1 rings (SSSR count). The molecular weight excluding hydrogens is 183 g/mol. The summed E-state index contributed by atoms with van der Waals surface area (Å²) in [4.78, 5) is 0. The highest BCUT2D eigenvalue weighted by molar-refractivity contribution is 5.42. The van der Waals surface area contributed by atoms with Crippen molar-refractivity contribution in [2.75, 3.05) is 0 Å². The molecule has 0 spiro atoms. The molecule has 2 unspecified atom stereocenters. The van der Waals surface area contributed by atoms with Crippen LogP contribution < -0.4 is 11.5 Å². The fourth-order valence-electron chi connectivity index (χ4n) is 1.30. The summed E-state index contributed by atoms with van der Waals surface area (Å²) in [5, 5.41) is 9.64. The fourth-order valence-corrected chi connectivity index (χ4v) is 1.30. The largest absolute Gasteiger partial charge is 0.507 e. The third-order valence-electron chi connectivity index (χ3n) is 2.22. The first kappa shape index (κ1) is 10.9. The number of nitrogens with two attached hydrogens (primary N) is 2. The van der Waals surface area contributed by atoms with Crippen molar-refractivity contribution in [3.8, 4) is 5.75 Å². The lowest BCUT2D eigenvalue weighted by molar-refractivity contribution is 0.446. The molecule has 0 saturated heterocycles. The molecule has 4 heteroatoms. The van der Waals surface area contributed by atoms with Gasteiger partial charge in [0.1, 0.15) is 11.6 Å². The van der Waals surface area contributed by atoms with Gasteiger partial charge < -0.3 is 16.6 Å². The Bertz CT molecular complexity index is 339. The van der Waals surface area contributed by atoms with Crippen LogP contribution >= 0.6 is 0 Å². The Morgan fingerprint density at radius 3 is 2.43 bits per heavy atom. The Morgan fingerprint density at radius 2 is 1.93 bits per heavy atom. The maximum Gasteiger partial charge on any atom is 0.124 e. The number of benzene rings is 1. The molecule has 0 fully saturated rings. The predicted molar refractivity (Wildman–Crippen MR) is 53.4 cm³/mol. The molecule has 0 aliphatic carbocycles. The lowest BCUT2D eigenvalue weighted by Crippen LogP contribution is -2.31. The molecule has 0 saturated carbocycles. The van der Waals surface area contributed by atoms with E-state index in [0.29, 0.717) is 11.1 Å². The molecular formula is C10H15FN2O. The highest BCUT2D eigenvalue weighted by atomic mass is 19.1. The molecule has 3 nitrogen and oxygen atoms in total. The third kappa shape index (κ3) is 2.02. The van der Waals surface area contributed by atoms with Crippen LogP contribution in [0.25, 0.3) is 0 Å². The number of hydrogen-bond donors (Lipinski definition) is 3. The zero-order chi connectivity index (χ0) is 10.9. The van der Waals surface area contributed by atoms with Gasteiger partial charge in [-0.3, -0.25) is 0 Å². The molecule has 0 bridgehead atoms. The molecule has 1 aromatic rings. The lowest BCUT2D eigenvalue weighted by atomic mass is 9.98. The van der Waals surface area contributed by atoms with E-state index < -0.39 is 11.9 Å². The van der Waals surface area contributed by atoms with Gasteiger partial charge >= 0.3 is 0 Å². The van der Waals surface area contributed by atoms with Gasteiger partial charge in [-0.2, -0.15) is 0 Å². The molecule has 0 aliphatic heterocycles. The van der Waals surface area contributed by atoms with E-state index in [1.165, 1.54) is 12.1 Å². The van der Waals surface area contributed by atoms with Crippen molar-refractivity contribution in [1.82, 2.24) is 0 Å². The van der Waals surface area contributed by atoms with Crippen molar-refractivity contribution in [2.45, 2.75) is 25.9 Å².